The van der Waals surface area contributed by atoms with Gasteiger partial charge in [-0.2, -0.15) is 17.5 Å². The lowest BCUT2D eigenvalue weighted by Crippen LogP contribution is -2.40. The molecule has 9 heteroatoms. The van der Waals surface area contributed by atoms with Crippen molar-refractivity contribution < 1.29 is 21.6 Å². The lowest BCUT2D eigenvalue weighted by molar-refractivity contribution is -0.0328. The van der Waals surface area contributed by atoms with Crippen LogP contribution < -0.4 is 5.32 Å². The molecule has 0 atom stereocenters. The summed E-state index contributed by atoms with van der Waals surface area (Å²) < 4.78 is 63.4. The number of hydrogen-bond acceptors (Lipinski definition) is 4. The van der Waals surface area contributed by atoms with E-state index in [1.54, 1.807) is 0 Å². The molecule has 2 rings (SSSR count). The van der Waals surface area contributed by atoms with Crippen LogP contribution in [-0.4, -0.2) is 44.9 Å². The summed E-state index contributed by atoms with van der Waals surface area (Å²) in [5.74, 6) is 0.456. The Balaban J connectivity index is 2.05. The van der Waals surface area contributed by atoms with Crippen molar-refractivity contribution in [3.8, 4) is 0 Å². The van der Waals surface area contributed by atoms with Crippen LogP contribution >= 0.6 is 11.8 Å². The molecule has 1 aliphatic heterocycles. The zero-order chi connectivity index (χ0) is 17.1. The molecule has 0 aliphatic carbocycles. The molecular weight excluding hydrogens is 349 g/mol. The number of nitrogens with zero attached hydrogens (tertiary/aromatic N) is 1. The third kappa shape index (κ3) is 5.10. The fourth-order valence-electron chi connectivity index (χ4n) is 2.60. The molecule has 1 aromatic carbocycles. The Morgan fingerprint density at radius 3 is 2.26 bits per heavy atom. The molecule has 0 aromatic heterocycles. The van der Waals surface area contributed by atoms with Crippen LogP contribution in [0, 0.1) is 5.92 Å². The Labute approximate surface area is 138 Å². The molecule has 1 aromatic rings. The zero-order valence-electron chi connectivity index (χ0n) is 12.6. The Hall–Kier alpha value is -0.770. The first kappa shape index (κ1) is 18.6. The summed E-state index contributed by atoms with van der Waals surface area (Å²) in [5, 5.41) is 3.09. The summed E-state index contributed by atoms with van der Waals surface area (Å²) in [6, 6.07) is 4.86. The van der Waals surface area contributed by atoms with Gasteiger partial charge in [-0.1, -0.05) is 0 Å². The molecule has 0 radical (unpaired) electrons. The number of halogens is 3. The van der Waals surface area contributed by atoms with Gasteiger partial charge in [0.25, 0.3) is 0 Å². The molecule has 1 heterocycles. The van der Waals surface area contributed by atoms with E-state index in [1.165, 1.54) is 28.6 Å². The number of thioether (sulfide) groups is 1. The largest absolute Gasteiger partial charge is 0.446 e. The minimum atomic E-state index is -4.38. The lowest BCUT2D eigenvalue weighted by atomic mass is 9.98. The molecule has 0 unspecified atom stereocenters. The summed E-state index contributed by atoms with van der Waals surface area (Å²) in [4.78, 5) is 0.0141. The first-order chi connectivity index (χ1) is 10.7. The van der Waals surface area contributed by atoms with Crippen molar-refractivity contribution in [3.63, 3.8) is 0 Å². The molecule has 4 nitrogen and oxygen atoms in total. The maximum atomic E-state index is 12.5. The fourth-order valence-corrected chi connectivity index (χ4v) is 4.61. The molecule has 0 spiro atoms. The van der Waals surface area contributed by atoms with Gasteiger partial charge in [-0.3, -0.25) is 0 Å². The summed E-state index contributed by atoms with van der Waals surface area (Å²) in [5.41, 5.74) is -4.38. The quantitative estimate of drug-likeness (QED) is 0.812. The first-order valence-corrected chi connectivity index (χ1v) is 9.48. The van der Waals surface area contributed by atoms with Gasteiger partial charge in [-0.25, -0.2) is 8.42 Å². The van der Waals surface area contributed by atoms with Crippen LogP contribution in [0.3, 0.4) is 0 Å². The van der Waals surface area contributed by atoms with Crippen LogP contribution in [0.2, 0.25) is 0 Å². The van der Waals surface area contributed by atoms with Gasteiger partial charge < -0.3 is 5.32 Å². The second-order valence-electron chi connectivity index (χ2n) is 5.42. The van der Waals surface area contributed by atoms with Crippen molar-refractivity contribution in [3.05, 3.63) is 24.3 Å². The van der Waals surface area contributed by atoms with Gasteiger partial charge in [0.1, 0.15) is 0 Å². The smallest absolute Gasteiger partial charge is 0.319 e. The third-order valence-corrected chi connectivity index (χ3v) is 6.41. The molecule has 130 valence electrons. The highest BCUT2D eigenvalue weighted by atomic mass is 32.2. The van der Waals surface area contributed by atoms with E-state index in [1.807, 2.05) is 7.05 Å². The highest BCUT2D eigenvalue weighted by Gasteiger charge is 2.31. The van der Waals surface area contributed by atoms with Crippen molar-refractivity contribution in [2.24, 2.45) is 5.92 Å². The minimum Gasteiger partial charge on any atom is -0.319 e. The van der Waals surface area contributed by atoms with Crippen molar-refractivity contribution in [1.82, 2.24) is 9.62 Å². The van der Waals surface area contributed by atoms with Gasteiger partial charge in [0.15, 0.2) is 0 Å². The fraction of sp³-hybridized carbons (Fsp3) is 0.571. The number of rotatable bonds is 5. The van der Waals surface area contributed by atoms with E-state index in [9.17, 15) is 21.6 Å². The van der Waals surface area contributed by atoms with Gasteiger partial charge in [-0.05, 0) is 68.4 Å². The third-order valence-electron chi connectivity index (χ3n) is 3.76. The first-order valence-electron chi connectivity index (χ1n) is 7.23. The molecule has 23 heavy (non-hydrogen) atoms. The highest BCUT2D eigenvalue weighted by molar-refractivity contribution is 8.00. The van der Waals surface area contributed by atoms with Crippen molar-refractivity contribution >= 4 is 21.8 Å². The number of piperidine rings is 1. The molecule has 1 fully saturated rings. The minimum absolute atomic E-state index is 0.0239. The zero-order valence-corrected chi connectivity index (χ0v) is 14.3. The summed E-state index contributed by atoms with van der Waals surface area (Å²) in [7, 11) is -1.77. The lowest BCUT2D eigenvalue weighted by Gasteiger charge is -2.31. The van der Waals surface area contributed by atoms with Crippen molar-refractivity contribution in [2.75, 3.05) is 26.7 Å². The van der Waals surface area contributed by atoms with E-state index in [4.69, 9.17) is 0 Å². The standard InChI is InChI=1S/C14H19F3N2O2S2/c1-18-10-11-6-8-19(9-7-11)23(20,21)13-4-2-12(3-5-13)22-14(15,16)17/h2-5,11,18H,6-10H2,1H3. The number of hydrogen-bond donors (Lipinski definition) is 1. The molecule has 1 N–H and O–H groups in total. The van der Waals surface area contributed by atoms with Crippen LogP contribution in [-0.2, 0) is 10.0 Å². The Morgan fingerprint density at radius 1 is 1.22 bits per heavy atom. The SMILES string of the molecule is CNCC1CCN(S(=O)(=O)c2ccc(SC(F)(F)F)cc2)CC1. The molecule has 1 aliphatic rings. The summed E-state index contributed by atoms with van der Waals surface area (Å²) in [6.07, 6.45) is 1.56. The molecular formula is C14H19F3N2O2S2. The average molecular weight is 368 g/mol. The number of alkyl halides is 3. The van der Waals surface area contributed by atoms with Crippen molar-refractivity contribution in [1.29, 1.82) is 0 Å². The maximum absolute atomic E-state index is 12.5. The van der Waals surface area contributed by atoms with Crippen LogP contribution in [0.1, 0.15) is 12.8 Å². The number of benzene rings is 1. The Kier molecular flexibility index (Phi) is 5.99. The van der Waals surface area contributed by atoms with Crippen LogP contribution in [0.15, 0.2) is 34.1 Å². The molecule has 0 amide bonds. The van der Waals surface area contributed by atoms with Crippen LogP contribution in [0.25, 0.3) is 0 Å². The predicted octanol–water partition coefficient (Wildman–Crippen LogP) is 2.92. The predicted molar refractivity (Wildman–Crippen MR) is 83.8 cm³/mol. The normalized spacial score (nSPS) is 18.3. The van der Waals surface area contributed by atoms with Gasteiger partial charge >= 0.3 is 5.51 Å². The van der Waals surface area contributed by atoms with Crippen LogP contribution in [0.4, 0.5) is 13.2 Å². The topological polar surface area (TPSA) is 49.4 Å². The maximum Gasteiger partial charge on any atom is 0.446 e. The van der Waals surface area contributed by atoms with Gasteiger partial charge in [0.2, 0.25) is 10.0 Å². The van der Waals surface area contributed by atoms with E-state index < -0.39 is 15.5 Å². The van der Waals surface area contributed by atoms with E-state index in [2.05, 4.69) is 5.32 Å². The van der Waals surface area contributed by atoms with Gasteiger partial charge in [-0.15, -0.1) is 0 Å². The van der Waals surface area contributed by atoms with Gasteiger partial charge in [0.05, 0.1) is 4.90 Å². The van der Waals surface area contributed by atoms with Gasteiger partial charge in [0, 0.05) is 18.0 Å². The van der Waals surface area contributed by atoms with E-state index in [0.29, 0.717) is 19.0 Å². The monoisotopic (exact) mass is 368 g/mol. The van der Waals surface area contributed by atoms with E-state index >= 15 is 0 Å². The molecule has 0 bridgehead atoms. The molecule has 0 saturated carbocycles. The Bertz CT molecular complexity index is 610. The van der Waals surface area contributed by atoms with E-state index in [-0.39, 0.29) is 21.6 Å². The number of nitrogens with one attached hydrogen (secondary N) is 1. The second kappa shape index (κ2) is 7.42. The van der Waals surface area contributed by atoms with E-state index in [0.717, 1.165) is 19.4 Å². The van der Waals surface area contributed by atoms with Crippen molar-refractivity contribution in [2.45, 2.75) is 28.1 Å². The number of sulfonamides is 1. The second-order valence-corrected chi connectivity index (χ2v) is 8.50. The summed E-state index contributed by atoms with van der Waals surface area (Å²) in [6.45, 7) is 1.73. The summed E-state index contributed by atoms with van der Waals surface area (Å²) >= 11 is -0.254. The highest BCUT2D eigenvalue weighted by Crippen LogP contribution is 2.37. The average Bonchev–Trinajstić information content (AvgIpc) is 2.47. The van der Waals surface area contributed by atoms with Crippen LogP contribution in [0.5, 0.6) is 0 Å². The Morgan fingerprint density at radius 2 is 1.78 bits per heavy atom. The molecule has 1 saturated heterocycles.